The van der Waals surface area contributed by atoms with Gasteiger partial charge in [0.05, 0.1) is 5.25 Å². The molecule has 1 N–H and O–H groups in total. The normalized spacial score (nSPS) is 26.4. The van der Waals surface area contributed by atoms with E-state index in [4.69, 9.17) is 0 Å². The summed E-state index contributed by atoms with van der Waals surface area (Å²) in [5.41, 5.74) is 0. The molecule has 1 heterocycles. The van der Waals surface area contributed by atoms with Crippen molar-refractivity contribution in [2.45, 2.75) is 50.4 Å². The lowest BCUT2D eigenvalue weighted by Crippen LogP contribution is -2.40. The van der Waals surface area contributed by atoms with Crippen molar-refractivity contribution in [1.29, 1.82) is 0 Å². The van der Waals surface area contributed by atoms with Gasteiger partial charge in [0.25, 0.3) is 0 Å². The molecule has 3 unspecified atom stereocenters. The van der Waals surface area contributed by atoms with Crippen LogP contribution in [0.4, 0.5) is 0 Å². The van der Waals surface area contributed by atoms with Crippen molar-refractivity contribution in [2.24, 2.45) is 0 Å². The molecule has 0 radical (unpaired) electrons. The first-order valence-corrected chi connectivity index (χ1v) is 9.16. The summed E-state index contributed by atoms with van der Waals surface area (Å²) in [7, 11) is -2.93. The Bertz CT molecular complexity index is 507. The quantitative estimate of drug-likeness (QED) is 0.926. The van der Waals surface area contributed by atoms with Crippen LogP contribution >= 0.6 is 11.3 Å². The highest BCUT2D eigenvalue weighted by Crippen LogP contribution is 2.29. The standard InChI is InChI=1S/C13H21NO2S2/c1-9-7-8-12(17-9)10(2)14-11-5-4-6-13(11)18(3,15)16/h7-8,10-11,13-14H,4-6H2,1-3H3. The van der Waals surface area contributed by atoms with Crippen molar-refractivity contribution in [3.05, 3.63) is 21.9 Å². The molecule has 3 nitrogen and oxygen atoms in total. The Hall–Kier alpha value is -0.390. The van der Waals surface area contributed by atoms with E-state index in [-0.39, 0.29) is 17.3 Å². The average Bonchev–Trinajstić information content (AvgIpc) is 2.85. The SMILES string of the molecule is Cc1ccc(C(C)NC2CCCC2S(C)(=O)=O)s1. The lowest BCUT2D eigenvalue weighted by atomic mass is 10.2. The summed E-state index contributed by atoms with van der Waals surface area (Å²) in [6.45, 7) is 4.21. The van der Waals surface area contributed by atoms with Crippen LogP contribution in [0.25, 0.3) is 0 Å². The maximum Gasteiger partial charge on any atom is 0.151 e. The van der Waals surface area contributed by atoms with Crippen LogP contribution in [-0.4, -0.2) is 26.0 Å². The Labute approximate surface area is 114 Å². The largest absolute Gasteiger partial charge is 0.305 e. The summed E-state index contributed by atoms with van der Waals surface area (Å²) in [6.07, 6.45) is 4.13. The van der Waals surface area contributed by atoms with Gasteiger partial charge < -0.3 is 5.32 Å². The molecule has 0 bridgehead atoms. The lowest BCUT2D eigenvalue weighted by Gasteiger charge is -2.23. The van der Waals surface area contributed by atoms with Gasteiger partial charge in [-0.3, -0.25) is 0 Å². The molecule has 102 valence electrons. The Kier molecular flexibility index (Phi) is 4.14. The molecule has 1 aliphatic rings. The summed E-state index contributed by atoms with van der Waals surface area (Å²) in [6, 6.07) is 4.58. The van der Waals surface area contributed by atoms with Crippen molar-refractivity contribution in [3.8, 4) is 0 Å². The topological polar surface area (TPSA) is 46.2 Å². The van der Waals surface area contributed by atoms with Gasteiger partial charge in [-0.05, 0) is 38.8 Å². The van der Waals surface area contributed by atoms with Crippen LogP contribution in [0, 0.1) is 6.92 Å². The van der Waals surface area contributed by atoms with Crippen molar-refractivity contribution < 1.29 is 8.42 Å². The number of sulfone groups is 1. The minimum atomic E-state index is -2.93. The van der Waals surface area contributed by atoms with Gasteiger partial charge in [-0.1, -0.05) is 6.42 Å². The van der Waals surface area contributed by atoms with Crippen molar-refractivity contribution >= 4 is 21.2 Å². The molecule has 1 aromatic heterocycles. The van der Waals surface area contributed by atoms with E-state index < -0.39 is 9.84 Å². The maximum atomic E-state index is 11.7. The molecule has 0 spiro atoms. The summed E-state index contributed by atoms with van der Waals surface area (Å²) in [4.78, 5) is 2.58. The first kappa shape index (κ1) is 14.0. The summed E-state index contributed by atoms with van der Waals surface area (Å²) >= 11 is 1.78. The number of rotatable bonds is 4. The van der Waals surface area contributed by atoms with E-state index in [1.807, 2.05) is 0 Å². The zero-order valence-electron chi connectivity index (χ0n) is 11.1. The van der Waals surface area contributed by atoms with Crippen LogP contribution in [0.2, 0.25) is 0 Å². The molecule has 1 saturated carbocycles. The summed E-state index contributed by atoms with van der Waals surface area (Å²) in [5.74, 6) is 0. The van der Waals surface area contributed by atoms with Gasteiger partial charge in [-0.2, -0.15) is 0 Å². The summed E-state index contributed by atoms with van der Waals surface area (Å²) < 4.78 is 23.5. The zero-order chi connectivity index (χ0) is 13.3. The highest BCUT2D eigenvalue weighted by molar-refractivity contribution is 7.91. The molecule has 3 atom stereocenters. The fourth-order valence-corrected chi connectivity index (χ4v) is 5.01. The van der Waals surface area contributed by atoms with Crippen LogP contribution in [0.15, 0.2) is 12.1 Å². The van der Waals surface area contributed by atoms with Gasteiger partial charge in [-0.25, -0.2) is 8.42 Å². The Morgan fingerprint density at radius 1 is 1.39 bits per heavy atom. The van der Waals surface area contributed by atoms with Gasteiger partial charge in [-0.15, -0.1) is 11.3 Å². The number of thiophene rings is 1. The van der Waals surface area contributed by atoms with E-state index in [9.17, 15) is 8.42 Å². The fourth-order valence-electron chi connectivity index (χ4n) is 2.72. The molecule has 0 aromatic carbocycles. The van der Waals surface area contributed by atoms with Crippen LogP contribution in [0.1, 0.15) is 42.0 Å². The Morgan fingerprint density at radius 3 is 2.67 bits per heavy atom. The van der Waals surface area contributed by atoms with Gasteiger partial charge in [0.1, 0.15) is 0 Å². The predicted octanol–water partition coefficient (Wildman–Crippen LogP) is 2.67. The van der Waals surface area contributed by atoms with Crippen LogP contribution < -0.4 is 5.32 Å². The molecular weight excluding hydrogens is 266 g/mol. The van der Waals surface area contributed by atoms with Crippen LogP contribution in [0.3, 0.4) is 0 Å². The molecule has 1 aromatic rings. The highest BCUT2D eigenvalue weighted by atomic mass is 32.2. The Balaban J connectivity index is 2.05. The van der Waals surface area contributed by atoms with Gasteiger partial charge >= 0.3 is 0 Å². The molecule has 0 saturated heterocycles. The van der Waals surface area contributed by atoms with E-state index in [2.05, 4.69) is 31.3 Å². The van der Waals surface area contributed by atoms with Crippen molar-refractivity contribution in [3.63, 3.8) is 0 Å². The first-order chi connectivity index (χ1) is 8.38. The molecular formula is C13H21NO2S2. The lowest BCUT2D eigenvalue weighted by molar-refractivity contribution is 0.459. The number of nitrogens with one attached hydrogen (secondary N) is 1. The van der Waals surface area contributed by atoms with E-state index >= 15 is 0 Å². The van der Waals surface area contributed by atoms with Gasteiger partial charge in [0.15, 0.2) is 9.84 Å². The van der Waals surface area contributed by atoms with E-state index in [1.165, 1.54) is 16.0 Å². The van der Waals surface area contributed by atoms with Crippen LogP contribution in [0.5, 0.6) is 0 Å². The van der Waals surface area contributed by atoms with Crippen molar-refractivity contribution in [1.82, 2.24) is 5.32 Å². The molecule has 1 fully saturated rings. The highest BCUT2D eigenvalue weighted by Gasteiger charge is 2.35. The van der Waals surface area contributed by atoms with Gasteiger partial charge in [0.2, 0.25) is 0 Å². The summed E-state index contributed by atoms with van der Waals surface area (Å²) in [5, 5.41) is 3.29. The van der Waals surface area contributed by atoms with E-state index in [0.29, 0.717) is 0 Å². The monoisotopic (exact) mass is 287 g/mol. The fraction of sp³-hybridized carbons (Fsp3) is 0.692. The minimum Gasteiger partial charge on any atom is -0.305 e. The molecule has 0 aliphatic heterocycles. The van der Waals surface area contributed by atoms with Crippen molar-refractivity contribution in [2.75, 3.05) is 6.26 Å². The Morgan fingerprint density at radius 2 is 2.11 bits per heavy atom. The molecule has 0 amide bonds. The zero-order valence-corrected chi connectivity index (χ0v) is 12.8. The third-order valence-electron chi connectivity index (χ3n) is 3.65. The average molecular weight is 287 g/mol. The van der Waals surface area contributed by atoms with Gasteiger partial charge in [0, 0.05) is 28.1 Å². The molecule has 18 heavy (non-hydrogen) atoms. The van der Waals surface area contributed by atoms with Crippen LogP contribution in [-0.2, 0) is 9.84 Å². The smallest absolute Gasteiger partial charge is 0.151 e. The molecule has 5 heteroatoms. The second-order valence-corrected chi connectivity index (χ2v) is 8.83. The first-order valence-electron chi connectivity index (χ1n) is 6.39. The van der Waals surface area contributed by atoms with E-state index in [1.54, 1.807) is 11.3 Å². The number of aryl methyl sites for hydroxylation is 1. The number of hydrogen-bond donors (Lipinski definition) is 1. The predicted molar refractivity (Wildman–Crippen MR) is 76.9 cm³/mol. The third kappa shape index (κ3) is 3.13. The maximum absolute atomic E-state index is 11.7. The number of hydrogen-bond acceptors (Lipinski definition) is 4. The minimum absolute atomic E-state index is 0.109. The third-order valence-corrected chi connectivity index (χ3v) is 6.50. The van der Waals surface area contributed by atoms with E-state index in [0.717, 1.165) is 19.3 Å². The molecule has 2 rings (SSSR count). The molecule has 1 aliphatic carbocycles. The second-order valence-electron chi connectivity index (χ2n) is 5.24. The second kappa shape index (κ2) is 5.31.